The fourth-order valence-electron chi connectivity index (χ4n) is 3.34. The van der Waals surface area contributed by atoms with Crippen molar-refractivity contribution in [1.29, 1.82) is 5.26 Å². The molecule has 1 unspecified atom stereocenters. The summed E-state index contributed by atoms with van der Waals surface area (Å²) in [6, 6.07) is 26.1. The largest absolute Gasteiger partial charge is 0.483 e. The summed E-state index contributed by atoms with van der Waals surface area (Å²) in [7, 11) is 0. The number of nitriles is 1. The van der Waals surface area contributed by atoms with E-state index in [0.717, 1.165) is 16.8 Å². The number of nitrogens with zero attached hydrogens (tertiary/aromatic N) is 3. The lowest BCUT2D eigenvalue weighted by Gasteiger charge is -2.16. The number of benzene rings is 3. The maximum Gasteiger partial charge on any atom is 0.244 e. The molecular weight excluding hydrogens is 376 g/mol. The summed E-state index contributed by atoms with van der Waals surface area (Å²) in [4.78, 5) is 17.5. The number of fused-ring (bicyclic) bond motifs is 1. The molecule has 0 fully saturated rings. The van der Waals surface area contributed by atoms with E-state index in [2.05, 4.69) is 11.4 Å². The lowest BCUT2D eigenvalue weighted by Crippen LogP contribution is -2.22. The van der Waals surface area contributed by atoms with Crippen LogP contribution in [-0.4, -0.2) is 15.5 Å². The van der Waals surface area contributed by atoms with Crippen LogP contribution in [0.25, 0.3) is 11.0 Å². The van der Waals surface area contributed by atoms with Crippen LogP contribution in [0.4, 0.5) is 5.69 Å². The molecule has 1 heterocycles. The number of carbonyl (C=O) groups excluding carboxylic acids is 1. The quantitative estimate of drug-likeness (QED) is 0.513. The lowest BCUT2D eigenvalue weighted by atomic mass is 10.2. The van der Waals surface area contributed by atoms with Gasteiger partial charge in [-0.05, 0) is 49.4 Å². The zero-order valence-electron chi connectivity index (χ0n) is 16.4. The second-order valence-electron chi connectivity index (χ2n) is 6.86. The molecule has 0 aliphatic heterocycles. The summed E-state index contributed by atoms with van der Waals surface area (Å²) in [5, 5.41) is 11.9. The van der Waals surface area contributed by atoms with E-state index in [4.69, 9.17) is 15.0 Å². The van der Waals surface area contributed by atoms with Gasteiger partial charge < -0.3 is 14.6 Å². The lowest BCUT2D eigenvalue weighted by molar-refractivity contribution is -0.116. The third-order valence-electron chi connectivity index (χ3n) is 4.68. The molecule has 1 N–H and O–H groups in total. The minimum Gasteiger partial charge on any atom is -0.483 e. The van der Waals surface area contributed by atoms with Gasteiger partial charge in [-0.25, -0.2) is 4.98 Å². The molecule has 1 aromatic heterocycles. The average molecular weight is 396 g/mol. The summed E-state index contributed by atoms with van der Waals surface area (Å²) in [5.41, 5.74) is 2.73. The molecule has 1 atom stereocenters. The van der Waals surface area contributed by atoms with Crippen molar-refractivity contribution in [3.8, 4) is 11.8 Å². The topological polar surface area (TPSA) is 79.9 Å². The number of para-hydroxylation sites is 3. The average Bonchev–Trinajstić information content (AvgIpc) is 3.13. The molecule has 0 radical (unpaired) electrons. The van der Waals surface area contributed by atoms with Crippen molar-refractivity contribution in [2.24, 2.45) is 0 Å². The van der Waals surface area contributed by atoms with Crippen molar-refractivity contribution in [3.05, 3.63) is 90.3 Å². The number of ether oxygens (including phenoxy) is 1. The normalized spacial score (nSPS) is 11.6. The molecule has 4 aromatic rings. The first-order valence-corrected chi connectivity index (χ1v) is 9.61. The summed E-state index contributed by atoms with van der Waals surface area (Å²) >= 11 is 0. The van der Waals surface area contributed by atoms with Crippen molar-refractivity contribution >= 4 is 22.6 Å². The smallest absolute Gasteiger partial charge is 0.244 e. The Morgan fingerprint density at radius 3 is 2.67 bits per heavy atom. The molecule has 0 aliphatic rings. The van der Waals surface area contributed by atoms with Crippen LogP contribution < -0.4 is 10.1 Å². The highest BCUT2D eigenvalue weighted by Crippen LogP contribution is 2.25. The molecule has 0 bridgehead atoms. The van der Waals surface area contributed by atoms with Gasteiger partial charge in [0.15, 0.2) is 11.9 Å². The maximum absolute atomic E-state index is 12.8. The van der Waals surface area contributed by atoms with Crippen LogP contribution in [-0.2, 0) is 11.3 Å². The van der Waals surface area contributed by atoms with Crippen LogP contribution in [0.3, 0.4) is 0 Å². The standard InChI is InChI=1S/C24H20N4O2/c1-17(30-20-10-3-2-4-11-20)24-27-21-12-5-6-13-22(21)28(24)16-23(29)26-19-9-7-8-18(14-19)15-25/h2-14,17H,16H2,1H3,(H,26,29). The van der Waals surface area contributed by atoms with E-state index in [-0.39, 0.29) is 18.6 Å². The Balaban J connectivity index is 1.61. The Kier molecular flexibility index (Phi) is 5.44. The van der Waals surface area contributed by atoms with Crippen molar-refractivity contribution in [2.75, 3.05) is 5.32 Å². The molecule has 1 amide bonds. The van der Waals surface area contributed by atoms with Gasteiger partial charge in [0.25, 0.3) is 0 Å². The maximum atomic E-state index is 12.8. The van der Waals surface area contributed by atoms with Gasteiger partial charge in [0.05, 0.1) is 22.7 Å². The predicted octanol–water partition coefficient (Wildman–Crippen LogP) is 4.69. The SMILES string of the molecule is CC(Oc1ccccc1)c1nc2ccccc2n1CC(=O)Nc1cccc(C#N)c1. The molecule has 6 nitrogen and oxygen atoms in total. The minimum atomic E-state index is -0.352. The Morgan fingerprint density at radius 1 is 1.10 bits per heavy atom. The third-order valence-corrected chi connectivity index (χ3v) is 4.68. The van der Waals surface area contributed by atoms with E-state index in [0.29, 0.717) is 17.1 Å². The Bertz CT molecular complexity index is 1220. The fraction of sp³-hybridized carbons (Fsp3) is 0.125. The highest BCUT2D eigenvalue weighted by molar-refractivity contribution is 5.92. The second-order valence-corrected chi connectivity index (χ2v) is 6.86. The number of rotatable bonds is 6. The molecule has 0 saturated heterocycles. The number of aromatic nitrogens is 2. The van der Waals surface area contributed by atoms with E-state index in [9.17, 15) is 4.79 Å². The number of nitrogens with one attached hydrogen (secondary N) is 1. The molecule has 0 saturated carbocycles. The minimum absolute atomic E-state index is 0.0785. The molecular formula is C24H20N4O2. The number of carbonyl (C=O) groups is 1. The molecule has 30 heavy (non-hydrogen) atoms. The van der Waals surface area contributed by atoms with Gasteiger partial charge in [-0.15, -0.1) is 0 Å². The number of amides is 1. The third kappa shape index (κ3) is 4.15. The number of anilines is 1. The monoisotopic (exact) mass is 396 g/mol. The van der Waals surface area contributed by atoms with E-state index in [1.54, 1.807) is 24.3 Å². The Labute approximate surface area is 174 Å². The highest BCUT2D eigenvalue weighted by Gasteiger charge is 2.20. The summed E-state index contributed by atoms with van der Waals surface area (Å²) in [6.45, 7) is 1.99. The molecule has 4 rings (SSSR count). The van der Waals surface area contributed by atoms with Crippen LogP contribution in [0.15, 0.2) is 78.9 Å². The van der Waals surface area contributed by atoms with Crippen LogP contribution in [0, 0.1) is 11.3 Å². The van der Waals surface area contributed by atoms with Crippen molar-refractivity contribution in [1.82, 2.24) is 9.55 Å². The van der Waals surface area contributed by atoms with Crippen molar-refractivity contribution in [3.63, 3.8) is 0 Å². The van der Waals surface area contributed by atoms with Crippen LogP contribution in [0.2, 0.25) is 0 Å². The molecule has 0 aliphatic carbocycles. The second kappa shape index (κ2) is 8.50. The van der Waals surface area contributed by atoms with Gasteiger partial charge >= 0.3 is 0 Å². The van der Waals surface area contributed by atoms with Crippen LogP contribution >= 0.6 is 0 Å². The van der Waals surface area contributed by atoms with E-state index in [1.165, 1.54) is 0 Å². The van der Waals surface area contributed by atoms with Crippen LogP contribution in [0.5, 0.6) is 5.75 Å². The molecule has 148 valence electrons. The van der Waals surface area contributed by atoms with Gasteiger partial charge in [0.1, 0.15) is 12.3 Å². The number of imidazole rings is 1. The number of hydrogen-bond acceptors (Lipinski definition) is 4. The van der Waals surface area contributed by atoms with Crippen molar-refractivity contribution < 1.29 is 9.53 Å². The van der Waals surface area contributed by atoms with Gasteiger partial charge in [-0.1, -0.05) is 36.4 Å². The van der Waals surface area contributed by atoms with Gasteiger partial charge in [-0.2, -0.15) is 5.26 Å². The first-order valence-electron chi connectivity index (χ1n) is 9.61. The van der Waals surface area contributed by atoms with Gasteiger partial charge in [-0.3, -0.25) is 4.79 Å². The first kappa shape index (κ1) is 19.2. The molecule has 6 heteroatoms. The zero-order chi connectivity index (χ0) is 20.9. The van der Waals surface area contributed by atoms with E-state index in [1.807, 2.05) is 66.1 Å². The van der Waals surface area contributed by atoms with E-state index < -0.39 is 0 Å². The Morgan fingerprint density at radius 2 is 1.87 bits per heavy atom. The molecule has 0 spiro atoms. The van der Waals surface area contributed by atoms with Crippen molar-refractivity contribution in [2.45, 2.75) is 19.6 Å². The first-order chi connectivity index (χ1) is 14.6. The van der Waals surface area contributed by atoms with Crippen LogP contribution in [0.1, 0.15) is 24.4 Å². The van der Waals surface area contributed by atoms with E-state index >= 15 is 0 Å². The fourth-order valence-corrected chi connectivity index (χ4v) is 3.34. The summed E-state index contributed by atoms with van der Waals surface area (Å²) < 4.78 is 7.92. The Hall–Kier alpha value is -4.11. The van der Waals surface area contributed by atoms with Gasteiger partial charge in [0.2, 0.25) is 5.91 Å². The zero-order valence-corrected chi connectivity index (χ0v) is 16.4. The summed E-state index contributed by atoms with van der Waals surface area (Å²) in [5.74, 6) is 1.20. The number of hydrogen-bond donors (Lipinski definition) is 1. The highest BCUT2D eigenvalue weighted by atomic mass is 16.5. The van der Waals surface area contributed by atoms with Gasteiger partial charge in [0, 0.05) is 5.69 Å². The predicted molar refractivity (Wildman–Crippen MR) is 115 cm³/mol. The molecule has 3 aromatic carbocycles. The summed E-state index contributed by atoms with van der Waals surface area (Å²) in [6.07, 6.45) is -0.352.